The maximum atomic E-state index is 12.3. The fourth-order valence-corrected chi connectivity index (χ4v) is 3.87. The second-order valence-corrected chi connectivity index (χ2v) is 7.61. The van der Waals surface area contributed by atoms with E-state index in [-0.39, 0.29) is 0 Å². The van der Waals surface area contributed by atoms with Crippen molar-refractivity contribution < 1.29 is 14.3 Å². The zero-order chi connectivity index (χ0) is 17.2. The molecular formula is C20H28N2O3. The van der Waals surface area contributed by atoms with Crippen molar-refractivity contribution in [2.75, 3.05) is 26.3 Å². The van der Waals surface area contributed by atoms with E-state index < -0.39 is 0 Å². The maximum Gasteiger partial charge on any atom is 0.225 e. The van der Waals surface area contributed by atoms with Crippen LogP contribution in [0.15, 0.2) is 18.2 Å². The minimum atomic E-state index is 0.327. The quantitative estimate of drug-likeness (QED) is 0.912. The van der Waals surface area contributed by atoms with E-state index >= 15 is 0 Å². The Morgan fingerprint density at radius 2 is 2.08 bits per heavy atom. The molecule has 1 aliphatic carbocycles. The van der Waals surface area contributed by atoms with Crippen LogP contribution in [0.3, 0.4) is 0 Å². The molecule has 0 radical (unpaired) electrons. The Morgan fingerprint density at radius 1 is 1.24 bits per heavy atom. The van der Waals surface area contributed by atoms with E-state index in [1.807, 2.05) is 12.1 Å². The summed E-state index contributed by atoms with van der Waals surface area (Å²) in [5.74, 6) is 2.92. The molecule has 1 aromatic carbocycles. The molecule has 3 aliphatic rings. The third kappa shape index (κ3) is 3.76. The fraction of sp³-hybridized carbons (Fsp3) is 0.650. The van der Waals surface area contributed by atoms with Gasteiger partial charge in [-0.15, -0.1) is 0 Å². The zero-order valence-corrected chi connectivity index (χ0v) is 15.0. The van der Waals surface area contributed by atoms with Crippen molar-refractivity contribution in [3.63, 3.8) is 0 Å². The van der Waals surface area contributed by atoms with Crippen LogP contribution in [0.25, 0.3) is 0 Å². The van der Waals surface area contributed by atoms with Crippen molar-refractivity contribution in [3.8, 4) is 11.5 Å². The van der Waals surface area contributed by atoms with Crippen LogP contribution in [0.5, 0.6) is 11.5 Å². The Hall–Kier alpha value is -1.75. The molecule has 2 heterocycles. The van der Waals surface area contributed by atoms with Gasteiger partial charge >= 0.3 is 0 Å². The highest BCUT2D eigenvalue weighted by atomic mass is 16.5. The molecule has 136 valence electrons. The van der Waals surface area contributed by atoms with Gasteiger partial charge in [-0.2, -0.15) is 0 Å². The Labute approximate surface area is 149 Å². The molecule has 5 nitrogen and oxygen atoms in total. The summed E-state index contributed by atoms with van der Waals surface area (Å²) >= 11 is 0. The number of para-hydroxylation sites is 1. The standard InChI is InChI=1S/C20H28N2O3/c1-14-13-22(20(23)15-6-7-15)9-8-17(14)21-12-16-4-2-5-18-19(16)25-11-3-10-24-18/h2,4-5,14-15,17,21H,3,6-13H2,1H3/t14-,17+/m0/s1. The lowest BCUT2D eigenvalue weighted by Gasteiger charge is -2.37. The highest BCUT2D eigenvalue weighted by molar-refractivity contribution is 5.81. The first-order valence-corrected chi connectivity index (χ1v) is 9.62. The first kappa shape index (κ1) is 16.7. The number of ether oxygens (including phenoxy) is 2. The molecule has 1 aromatic rings. The number of benzene rings is 1. The van der Waals surface area contributed by atoms with Crippen LogP contribution in [0.1, 0.15) is 38.2 Å². The summed E-state index contributed by atoms with van der Waals surface area (Å²) in [5.41, 5.74) is 1.16. The Balaban J connectivity index is 1.35. The number of carbonyl (C=O) groups is 1. The summed E-state index contributed by atoms with van der Waals surface area (Å²) in [4.78, 5) is 14.3. The van der Waals surface area contributed by atoms with Crippen molar-refractivity contribution in [2.45, 2.75) is 45.2 Å². The zero-order valence-electron chi connectivity index (χ0n) is 15.0. The van der Waals surface area contributed by atoms with E-state index in [1.54, 1.807) is 0 Å². The topological polar surface area (TPSA) is 50.8 Å². The van der Waals surface area contributed by atoms with Crippen LogP contribution >= 0.6 is 0 Å². The Morgan fingerprint density at radius 3 is 2.88 bits per heavy atom. The van der Waals surface area contributed by atoms with E-state index in [2.05, 4.69) is 23.2 Å². The number of carbonyl (C=O) groups excluding carboxylic acids is 1. The minimum Gasteiger partial charge on any atom is -0.490 e. The van der Waals surface area contributed by atoms with Crippen LogP contribution in [0.2, 0.25) is 0 Å². The molecule has 25 heavy (non-hydrogen) atoms. The number of nitrogens with zero attached hydrogens (tertiary/aromatic N) is 1. The molecule has 1 saturated heterocycles. The SMILES string of the molecule is C[C@H]1CN(C(=O)C2CC2)CC[C@H]1NCc1cccc2c1OCCCO2. The van der Waals surface area contributed by atoms with Crippen molar-refractivity contribution in [2.24, 2.45) is 11.8 Å². The van der Waals surface area contributed by atoms with Gasteiger partial charge in [0, 0.05) is 43.6 Å². The lowest BCUT2D eigenvalue weighted by molar-refractivity contribution is -0.134. The number of piperidine rings is 1. The van der Waals surface area contributed by atoms with Gasteiger partial charge in [0.2, 0.25) is 5.91 Å². The van der Waals surface area contributed by atoms with Gasteiger partial charge in [0.05, 0.1) is 13.2 Å². The first-order chi connectivity index (χ1) is 12.2. The lowest BCUT2D eigenvalue weighted by atomic mass is 9.93. The second-order valence-electron chi connectivity index (χ2n) is 7.61. The Kier molecular flexibility index (Phi) is 4.84. The molecular weight excluding hydrogens is 316 g/mol. The summed E-state index contributed by atoms with van der Waals surface area (Å²) in [7, 11) is 0. The third-order valence-electron chi connectivity index (χ3n) is 5.55. The predicted octanol–water partition coefficient (Wildman–Crippen LogP) is 2.58. The molecule has 0 aromatic heterocycles. The van der Waals surface area contributed by atoms with Gasteiger partial charge in [0.1, 0.15) is 0 Å². The van der Waals surface area contributed by atoms with Gasteiger partial charge in [-0.05, 0) is 31.2 Å². The third-order valence-corrected chi connectivity index (χ3v) is 5.55. The number of nitrogens with one attached hydrogen (secondary N) is 1. The summed E-state index contributed by atoms with van der Waals surface area (Å²) < 4.78 is 11.7. The summed E-state index contributed by atoms with van der Waals surface area (Å²) in [6.45, 7) is 6.20. The van der Waals surface area contributed by atoms with Crippen molar-refractivity contribution in [1.29, 1.82) is 0 Å². The maximum absolute atomic E-state index is 12.3. The van der Waals surface area contributed by atoms with Gasteiger partial charge < -0.3 is 19.7 Å². The minimum absolute atomic E-state index is 0.327. The van der Waals surface area contributed by atoms with Gasteiger partial charge in [-0.1, -0.05) is 19.1 Å². The average molecular weight is 344 g/mol. The van der Waals surface area contributed by atoms with Crippen LogP contribution < -0.4 is 14.8 Å². The van der Waals surface area contributed by atoms with E-state index in [0.717, 1.165) is 62.4 Å². The first-order valence-electron chi connectivity index (χ1n) is 9.62. The molecule has 2 atom stereocenters. The largest absolute Gasteiger partial charge is 0.490 e. The number of rotatable bonds is 4. The normalized spacial score (nSPS) is 26.2. The number of likely N-dealkylation sites (tertiary alicyclic amines) is 1. The lowest BCUT2D eigenvalue weighted by Crippen LogP contribution is -2.50. The number of hydrogen-bond donors (Lipinski definition) is 1. The van der Waals surface area contributed by atoms with Crippen molar-refractivity contribution in [3.05, 3.63) is 23.8 Å². The van der Waals surface area contributed by atoms with Gasteiger partial charge in [0.15, 0.2) is 11.5 Å². The van der Waals surface area contributed by atoms with E-state index in [4.69, 9.17) is 9.47 Å². The van der Waals surface area contributed by atoms with Gasteiger partial charge in [-0.25, -0.2) is 0 Å². The molecule has 0 unspecified atom stereocenters. The summed E-state index contributed by atoms with van der Waals surface area (Å²) in [6, 6.07) is 6.56. The van der Waals surface area contributed by atoms with Crippen LogP contribution in [0, 0.1) is 11.8 Å². The number of hydrogen-bond acceptors (Lipinski definition) is 4. The monoisotopic (exact) mass is 344 g/mol. The molecule has 2 aliphatic heterocycles. The summed E-state index contributed by atoms with van der Waals surface area (Å²) in [6.07, 6.45) is 4.12. The molecule has 0 spiro atoms. The fourth-order valence-electron chi connectivity index (χ4n) is 3.87. The van der Waals surface area contributed by atoms with E-state index in [9.17, 15) is 4.79 Å². The van der Waals surface area contributed by atoms with Crippen LogP contribution in [-0.4, -0.2) is 43.2 Å². The van der Waals surface area contributed by atoms with Gasteiger partial charge in [0.25, 0.3) is 0 Å². The van der Waals surface area contributed by atoms with Crippen molar-refractivity contribution in [1.82, 2.24) is 10.2 Å². The van der Waals surface area contributed by atoms with E-state index in [1.165, 1.54) is 0 Å². The summed E-state index contributed by atoms with van der Waals surface area (Å²) in [5, 5.41) is 3.69. The molecule has 4 rings (SSSR count). The molecule has 5 heteroatoms. The van der Waals surface area contributed by atoms with E-state index in [0.29, 0.717) is 37.0 Å². The number of amides is 1. The molecule has 0 bridgehead atoms. The number of fused-ring (bicyclic) bond motifs is 1. The van der Waals surface area contributed by atoms with Crippen LogP contribution in [-0.2, 0) is 11.3 Å². The molecule has 2 fully saturated rings. The predicted molar refractivity (Wildman–Crippen MR) is 95.8 cm³/mol. The average Bonchev–Trinajstić information content (AvgIpc) is 3.46. The van der Waals surface area contributed by atoms with Crippen molar-refractivity contribution >= 4 is 5.91 Å². The Bertz CT molecular complexity index is 629. The second kappa shape index (κ2) is 7.24. The molecule has 1 saturated carbocycles. The highest BCUT2D eigenvalue weighted by Crippen LogP contribution is 2.34. The van der Waals surface area contributed by atoms with Crippen LogP contribution in [0.4, 0.5) is 0 Å². The smallest absolute Gasteiger partial charge is 0.225 e. The highest BCUT2D eigenvalue weighted by Gasteiger charge is 2.36. The molecule has 1 N–H and O–H groups in total. The van der Waals surface area contributed by atoms with Gasteiger partial charge in [-0.3, -0.25) is 4.79 Å². The molecule has 1 amide bonds.